The first kappa shape index (κ1) is 23.7. The van der Waals surface area contributed by atoms with Crippen molar-refractivity contribution in [1.82, 2.24) is 20.9 Å². The molecule has 3 N–H and O–H groups in total. The van der Waals surface area contributed by atoms with Crippen molar-refractivity contribution in [3.05, 3.63) is 35.6 Å². The van der Waals surface area contributed by atoms with Gasteiger partial charge in [0.2, 0.25) is 5.91 Å². The van der Waals surface area contributed by atoms with Crippen molar-refractivity contribution < 1.29 is 40.3 Å². The predicted octanol–water partition coefficient (Wildman–Crippen LogP) is 2.04. The lowest BCUT2D eigenvalue weighted by molar-refractivity contribution is -0.360. The van der Waals surface area contributed by atoms with Crippen LogP contribution < -0.4 is 16.0 Å². The molecule has 2 aliphatic heterocycles. The van der Waals surface area contributed by atoms with Crippen molar-refractivity contribution in [2.75, 3.05) is 13.2 Å². The molecule has 2 fully saturated rings. The average molecular weight is 458 g/mol. The van der Waals surface area contributed by atoms with Crippen molar-refractivity contribution >= 4 is 5.91 Å². The number of carbonyl (C=O) groups is 1. The van der Waals surface area contributed by atoms with E-state index < -0.39 is 67.6 Å². The fourth-order valence-corrected chi connectivity index (χ4v) is 3.62. The normalized spacial score (nSPS) is 30.2. The highest BCUT2D eigenvalue weighted by atomic mass is 19.4. The Morgan fingerprint density at radius 3 is 2.42 bits per heavy atom. The first-order chi connectivity index (χ1) is 14.5. The lowest BCUT2D eigenvalue weighted by Gasteiger charge is -2.47. The molecule has 1 aromatic rings. The number of ether oxygens (including phenoxy) is 1. The van der Waals surface area contributed by atoms with E-state index in [0.717, 1.165) is 17.0 Å². The van der Waals surface area contributed by atoms with E-state index in [-0.39, 0.29) is 6.67 Å². The Morgan fingerprint density at radius 1 is 1.23 bits per heavy atom. The van der Waals surface area contributed by atoms with Crippen molar-refractivity contribution in [3.63, 3.8) is 0 Å². The van der Waals surface area contributed by atoms with Crippen LogP contribution in [0.25, 0.3) is 0 Å². The Balaban J connectivity index is 1.65. The van der Waals surface area contributed by atoms with Crippen LogP contribution in [0.5, 0.6) is 0 Å². The molecule has 1 amide bonds. The van der Waals surface area contributed by atoms with Crippen LogP contribution >= 0.6 is 0 Å². The highest BCUT2D eigenvalue weighted by Crippen LogP contribution is 2.30. The van der Waals surface area contributed by atoms with Gasteiger partial charge in [0.15, 0.2) is 0 Å². The van der Waals surface area contributed by atoms with E-state index >= 15 is 4.39 Å². The third-order valence-corrected chi connectivity index (χ3v) is 5.36. The highest BCUT2D eigenvalue weighted by molar-refractivity contribution is 5.83. The number of halogens is 7. The molecule has 0 radical (unpaired) electrons. The standard InChI is InChI=1S/C18H21F7N4O2/c1-8-11(31-18(23,24)25)6-29(8)17(30)14(15(21)22)28-16-12(20)13(26-7-27-16)9-2-4-10(19)5-3-9/h2-5,8,11-16,26-28H,6-7H2,1H3/t8-,11-,12?,13?,14+,16?/m0/s1. The summed E-state index contributed by atoms with van der Waals surface area (Å²) in [6.45, 7) is 0.735. The second-order valence-corrected chi connectivity index (χ2v) is 7.35. The van der Waals surface area contributed by atoms with Crippen LogP contribution in [0.2, 0.25) is 0 Å². The molecule has 6 nitrogen and oxygen atoms in total. The molecular weight excluding hydrogens is 437 g/mol. The summed E-state index contributed by atoms with van der Waals surface area (Å²) in [7, 11) is 0. The third kappa shape index (κ3) is 5.45. The van der Waals surface area contributed by atoms with Crippen LogP contribution in [0.3, 0.4) is 0 Å². The Bertz CT molecular complexity index is 764. The van der Waals surface area contributed by atoms with Crippen molar-refractivity contribution in [1.29, 1.82) is 0 Å². The fourth-order valence-electron chi connectivity index (χ4n) is 3.62. The number of amides is 1. The number of carbonyl (C=O) groups excluding carboxylic acids is 1. The minimum absolute atomic E-state index is 0.00585. The van der Waals surface area contributed by atoms with Gasteiger partial charge < -0.3 is 4.90 Å². The maximum Gasteiger partial charge on any atom is 0.522 e. The average Bonchev–Trinajstić information content (AvgIpc) is 2.69. The number of benzene rings is 1. The van der Waals surface area contributed by atoms with Crippen LogP contribution in [-0.4, -0.2) is 67.3 Å². The van der Waals surface area contributed by atoms with Gasteiger partial charge in [-0.1, -0.05) is 12.1 Å². The summed E-state index contributed by atoms with van der Waals surface area (Å²) in [6.07, 6.45) is -12.7. The lowest BCUT2D eigenvalue weighted by Crippen LogP contribution is -2.70. The Morgan fingerprint density at radius 2 is 1.87 bits per heavy atom. The van der Waals surface area contributed by atoms with E-state index in [4.69, 9.17) is 0 Å². The third-order valence-electron chi connectivity index (χ3n) is 5.36. The summed E-state index contributed by atoms with van der Waals surface area (Å²) in [5.74, 6) is -1.68. The van der Waals surface area contributed by atoms with Gasteiger partial charge in [-0.2, -0.15) is 0 Å². The molecule has 2 saturated heterocycles. The molecule has 0 aliphatic carbocycles. The first-order valence-electron chi connectivity index (χ1n) is 9.43. The topological polar surface area (TPSA) is 65.6 Å². The largest absolute Gasteiger partial charge is 0.522 e. The highest BCUT2D eigenvalue weighted by Gasteiger charge is 2.49. The zero-order valence-electron chi connectivity index (χ0n) is 16.2. The minimum Gasteiger partial charge on any atom is -0.333 e. The number of hydrogen-bond donors (Lipinski definition) is 3. The molecule has 174 valence electrons. The van der Waals surface area contributed by atoms with Crippen LogP contribution in [0.1, 0.15) is 18.5 Å². The molecule has 13 heteroatoms. The molecule has 31 heavy (non-hydrogen) atoms. The van der Waals surface area contributed by atoms with Gasteiger partial charge in [-0.3, -0.25) is 25.5 Å². The first-order valence-corrected chi connectivity index (χ1v) is 9.43. The summed E-state index contributed by atoms with van der Waals surface area (Å²) >= 11 is 0. The summed E-state index contributed by atoms with van der Waals surface area (Å²) in [6, 6.07) is 0.776. The fraction of sp³-hybridized carbons (Fsp3) is 0.611. The van der Waals surface area contributed by atoms with Gasteiger partial charge in [0, 0.05) is 13.2 Å². The summed E-state index contributed by atoms with van der Waals surface area (Å²) in [5, 5.41) is 7.63. The van der Waals surface area contributed by atoms with E-state index in [9.17, 15) is 31.1 Å². The number of alkyl halides is 6. The van der Waals surface area contributed by atoms with E-state index in [1.54, 1.807) is 0 Å². The van der Waals surface area contributed by atoms with E-state index in [0.29, 0.717) is 5.56 Å². The molecule has 3 unspecified atom stereocenters. The number of likely N-dealkylation sites (tertiary alicyclic amines) is 1. The monoisotopic (exact) mass is 458 g/mol. The van der Waals surface area contributed by atoms with E-state index in [2.05, 4.69) is 20.7 Å². The molecule has 0 bridgehead atoms. The molecule has 3 rings (SSSR count). The van der Waals surface area contributed by atoms with Gasteiger partial charge >= 0.3 is 6.36 Å². The second-order valence-electron chi connectivity index (χ2n) is 7.35. The van der Waals surface area contributed by atoms with Gasteiger partial charge in [0.25, 0.3) is 6.43 Å². The number of nitrogens with zero attached hydrogens (tertiary/aromatic N) is 1. The summed E-state index contributed by atoms with van der Waals surface area (Å²) < 4.78 is 96.1. The van der Waals surface area contributed by atoms with Crippen molar-refractivity contribution in [2.24, 2.45) is 0 Å². The smallest absolute Gasteiger partial charge is 0.333 e. The van der Waals surface area contributed by atoms with Crippen LogP contribution in [0, 0.1) is 5.82 Å². The SMILES string of the molecule is C[C@H]1[C@@H](OC(F)(F)F)CN1C(=O)[C@H](NC1NCNC(c2ccc(F)cc2)C1F)C(F)F. The molecule has 1 aromatic carbocycles. The van der Waals surface area contributed by atoms with E-state index in [1.165, 1.54) is 19.1 Å². The maximum absolute atomic E-state index is 15.0. The molecule has 2 heterocycles. The number of hydrogen-bond acceptors (Lipinski definition) is 5. The summed E-state index contributed by atoms with van der Waals surface area (Å²) in [5.41, 5.74) is 0.380. The second kappa shape index (κ2) is 9.27. The Hall–Kier alpha value is -1.96. The summed E-state index contributed by atoms with van der Waals surface area (Å²) in [4.78, 5) is 13.3. The molecular formula is C18H21F7N4O2. The predicted molar refractivity (Wildman–Crippen MR) is 94.0 cm³/mol. The number of rotatable bonds is 6. The van der Waals surface area contributed by atoms with Gasteiger partial charge in [-0.15, -0.1) is 13.2 Å². The van der Waals surface area contributed by atoms with Gasteiger partial charge in [-0.05, 0) is 24.6 Å². The molecule has 0 spiro atoms. The number of nitrogens with one attached hydrogen (secondary N) is 3. The van der Waals surface area contributed by atoms with Crippen LogP contribution in [0.15, 0.2) is 24.3 Å². The maximum atomic E-state index is 15.0. The Labute approximate surface area is 173 Å². The van der Waals surface area contributed by atoms with Gasteiger partial charge in [0.05, 0.1) is 18.2 Å². The lowest BCUT2D eigenvalue weighted by atomic mass is 9.97. The molecule has 0 saturated carbocycles. The van der Waals surface area contributed by atoms with Crippen LogP contribution in [0.4, 0.5) is 30.7 Å². The minimum atomic E-state index is -4.91. The van der Waals surface area contributed by atoms with Crippen molar-refractivity contribution in [2.45, 2.75) is 56.3 Å². The molecule has 6 atom stereocenters. The molecule has 0 aromatic heterocycles. The van der Waals surface area contributed by atoms with E-state index in [1.807, 2.05) is 0 Å². The van der Waals surface area contributed by atoms with Crippen molar-refractivity contribution in [3.8, 4) is 0 Å². The van der Waals surface area contributed by atoms with Crippen LogP contribution in [-0.2, 0) is 9.53 Å². The Kier molecular flexibility index (Phi) is 7.08. The zero-order chi connectivity index (χ0) is 22.9. The van der Waals surface area contributed by atoms with Gasteiger partial charge in [0.1, 0.15) is 24.1 Å². The quantitative estimate of drug-likeness (QED) is 0.570. The van der Waals surface area contributed by atoms with Gasteiger partial charge in [-0.25, -0.2) is 17.6 Å². The zero-order valence-corrected chi connectivity index (χ0v) is 16.2. The molecule has 2 aliphatic rings.